The Bertz CT molecular complexity index is 933. The topological polar surface area (TPSA) is 89.3 Å². The van der Waals surface area contributed by atoms with Crippen LogP contribution in [-0.2, 0) is 22.6 Å². The van der Waals surface area contributed by atoms with Crippen LogP contribution in [0.5, 0.6) is 0 Å². The number of aliphatic carboxylic acids is 1. The minimum Gasteiger partial charge on any atom is -0.481 e. The Morgan fingerprint density at radius 1 is 1.17 bits per heavy atom. The highest BCUT2D eigenvalue weighted by Crippen LogP contribution is 2.22. The van der Waals surface area contributed by atoms with Crippen LogP contribution >= 0.6 is 11.6 Å². The summed E-state index contributed by atoms with van der Waals surface area (Å²) in [6.45, 7) is 4.91. The SMILES string of the molecule is CCCCCc1nc(-c2ccc(Cl)cc2)cc(=O)n1CC(=O)CC(C)(C)C(=O)O. The summed E-state index contributed by atoms with van der Waals surface area (Å²) in [6.07, 6.45) is 3.28. The lowest BCUT2D eigenvalue weighted by atomic mass is 9.87. The largest absolute Gasteiger partial charge is 0.481 e. The van der Waals surface area contributed by atoms with Crippen molar-refractivity contribution >= 4 is 23.4 Å². The summed E-state index contributed by atoms with van der Waals surface area (Å²) in [5.41, 5.74) is -0.195. The molecule has 0 radical (unpaired) electrons. The summed E-state index contributed by atoms with van der Waals surface area (Å²) in [5.74, 6) is -0.813. The van der Waals surface area contributed by atoms with Crippen molar-refractivity contribution in [2.24, 2.45) is 5.41 Å². The predicted octanol–water partition coefficient (Wildman–Crippen LogP) is 4.37. The van der Waals surface area contributed by atoms with E-state index in [1.165, 1.54) is 24.5 Å². The van der Waals surface area contributed by atoms with Gasteiger partial charge in [-0.25, -0.2) is 4.98 Å². The third-order valence-electron chi connectivity index (χ3n) is 4.78. The van der Waals surface area contributed by atoms with Crippen LogP contribution in [0.4, 0.5) is 0 Å². The van der Waals surface area contributed by atoms with Gasteiger partial charge >= 0.3 is 5.97 Å². The van der Waals surface area contributed by atoms with E-state index in [1.807, 2.05) is 0 Å². The minimum atomic E-state index is -1.18. The lowest BCUT2D eigenvalue weighted by molar-refractivity contribution is -0.149. The number of carbonyl (C=O) groups excluding carboxylic acids is 1. The minimum absolute atomic E-state index is 0.151. The van der Waals surface area contributed by atoms with Crippen LogP contribution in [0, 0.1) is 5.41 Å². The molecule has 156 valence electrons. The molecule has 0 fully saturated rings. The molecule has 0 aliphatic carbocycles. The molecule has 0 saturated carbocycles. The molecule has 1 aromatic heterocycles. The number of carbonyl (C=O) groups is 2. The highest BCUT2D eigenvalue weighted by atomic mass is 35.5. The Morgan fingerprint density at radius 3 is 2.41 bits per heavy atom. The Morgan fingerprint density at radius 2 is 1.83 bits per heavy atom. The molecule has 1 aromatic carbocycles. The lowest BCUT2D eigenvalue weighted by Crippen LogP contribution is -2.32. The number of Topliss-reactive ketones (excluding diaryl/α,β-unsaturated/α-hetero) is 1. The number of nitrogens with zero attached hydrogens (tertiary/aromatic N) is 2. The van der Waals surface area contributed by atoms with E-state index in [0.717, 1.165) is 24.8 Å². The first-order valence-electron chi connectivity index (χ1n) is 9.76. The standard InChI is InChI=1S/C22H27ClN2O4/c1-4-5-6-7-19-24-18(15-8-10-16(23)11-9-15)12-20(27)25(19)14-17(26)13-22(2,3)21(28)29/h8-12H,4-7,13-14H2,1-3H3,(H,28,29). The van der Waals surface area contributed by atoms with Crippen molar-refractivity contribution in [1.82, 2.24) is 9.55 Å². The molecular weight excluding hydrogens is 392 g/mol. The molecule has 7 heteroatoms. The monoisotopic (exact) mass is 418 g/mol. The van der Waals surface area contributed by atoms with Gasteiger partial charge < -0.3 is 5.11 Å². The summed E-state index contributed by atoms with van der Waals surface area (Å²) in [4.78, 5) is 41.2. The van der Waals surface area contributed by atoms with Crippen molar-refractivity contribution in [1.29, 1.82) is 0 Å². The maximum absolute atomic E-state index is 12.8. The molecule has 0 saturated heterocycles. The highest BCUT2D eigenvalue weighted by molar-refractivity contribution is 6.30. The molecular formula is C22H27ClN2O4. The first-order chi connectivity index (χ1) is 13.6. The molecule has 0 bridgehead atoms. The Balaban J connectivity index is 2.36. The van der Waals surface area contributed by atoms with E-state index in [2.05, 4.69) is 11.9 Å². The first kappa shape index (κ1) is 22.8. The number of hydrogen-bond donors (Lipinski definition) is 1. The molecule has 0 unspecified atom stereocenters. The second-order valence-electron chi connectivity index (χ2n) is 7.85. The predicted molar refractivity (Wildman–Crippen MR) is 113 cm³/mol. The third kappa shape index (κ3) is 6.26. The smallest absolute Gasteiger partial charge is 0.309 e. The number of hydrogen-bond acceptors (Lipinski definition) is 4. The van der Waals surface area contributed by atoms with E-state index in [9.17, 15) is 19.5 Å². The van der Waals surface area contributed by atoms with Crippen LogP contribution in [0.2, 0.25) is 5.02 Å². The molecule has 6 nitrogen and oxygen atoms in total. The van der Waals surface area contributed by atoms with Gasteiger partial charge in [-0.1, -0.05) is 43.5 Å². The quantitative estimate of drug-likeness (QED) is 0.579. The second-order valence-corrected chi connectivity index (χ2v) is 8.29. The third-order valence-corrected chi connectivity index (χ3v) is 5.04. The van der Waals surface area contributed by atoms with Gasteiger partial charge in [-0.2, -0.15) is 0 Å². The van der Waals surface area contributed by atoms with Crippen LogP contribution in [0.3, 0.4) is 0 Å². The van der Waals surface area contributed by atoms with E-state index in [0.29, 0.717) is 23.0 Å². The Labute approximate surface area is 175 Å². The zero-order valence-electron chi connectivity index (χ0n) is 17.1. The van der Waals surface area contributed by atoms with Crippen LogP contribution in [0.1, 0.15) is 52.3 Å². The van der Waals surface area contributed by atoms with Gasteiger partial charge in [0.15, 0.2) is 5.78 Å². The molecule has 2 rings (SSSR count). The summed E-state index contributed by atoms with van der Waals surface area (Å²) >= 11 is 5.94. The molecule has 0 amide bonds. The summed E-state index contributed by atoms with van der Waals surface area (Å²) in [5, 5.41) is 9.84. The number of carboxylic acids is 1. The normalized spacial score (nSPS) is 11.4. The van der Waals surface area contributed by atoms with Gasteiger partial charge in [0.2, 0.25) is 0 Å². The second kappa shape index (κ2) is 9.83. The average molecular weight is 419 g/mol. The lowest BCUT2D eigenvalue weighted by Gasteiger charge is -2.19. The molecule has 0 aliphatic rings. The molecule has 2 aromatic rings. The van der Waals surface area contributed by atoms with Gasteiger partial charge in [0, 0.05) is 29.5 Å². The summed E-state index contributed by atoms with van der Waals surface area (Å²) < 4.78 is 1.37. The van der Waals surface area contributed by atoms with Crippen molar-refractivity contribution in [3.8, 4) is 11.3 Å². The van der Waals surface area contributed by atoms with Gasteiger partial charge in [0.05, 0.1) is 17.7 Å². The van der Waals surface area contributed by atoms with E-state index >= 15 is 0 Å². The van der Waals surface area contributed by atoms with Crippen molar-refractivity contribution in [3.63, 3.8) is 0 Å². The molecule has 0 atom stereocenters. The molecule has 1 N–H and O–H groups in total. The number of aromatic nitrogens is 2. The fourth-order valence-electron chi connectivity index (χ4n) is 3.02. The zero-order chi connectivity index (χ0) is 21.6. The van der Waals surface area contributed by atoms with E-state index in [4.69, 9.17) is 11.6 Å². The van der Waals surface area contributed by atoms with Crippen molar-refractivity contribution in [2.75, 3.05) is 0 Å². The molecule has 0 aliphatic heterocycles. The number of carboxylic acid groups (broad SMARTS) is 1. The Kier molecular flexibility index (Phi) is 7.73. The van der Waals surface area contributed by atoms with Gasteiger partial charge in [0.25, 0.3) is 5.56 Å². The van der Waals surface area contributed by atoms with Gasteiger partial charge in [0.1, 0.15) is 5.82 Å². The number of halogens is 1. The average Bonchev–Trinajstić information content (AvgIpc) is 2.64. The maximum atomic E-state index is 12.8. The molecule has 29 heavy (non-hydrogen) atoms. The summed E-state index contributed by atoms with van der Waals surface area (Å²) in [7, 11) is 0. The molecule has 0 spiro atoms. The van der Waals surface area contributed by atoms with Crippen LogP contribution < -0.4 is 5.56 Å². The summed E-state index contributed by atoms with van der Waals surface area (Å²) in [6, 6.07) is 8.47. The zero-order valence-corrected chi connectivity index (χ0v) is 17.8. The number of aryl methyl sites for hydroxylation is 1. The number of benzene rings is 1. The first-order valence-corrected chi connectivity index (χ1v) is 10.1. The number of ketones is 1. The number of rotatable bonds is 10. The van der Waals surface area contributed by atoms with E-state index in [1.54, 1.807) is 24.3 Å². The van der Waals surface area contributed by atoms with Crippen LogP contribution in [0.25, 0.3) is 11.3 Å². The van der Waals surface area contributed by atoms with E-state index in [-0.39, 0.29) is 24.3 Å². The van der Waals surface area contributed by atoms with Gasteiger partial charge in [-0.15, -0.1) is 0 Å². The molecule has 1 heterocycles. The number of unbranched alkanes of at least 4 members (excludes halogenated alkanes) is 2. The van der Waals surface area contributed by atoms with Crippen molar-refractivity contribution in [3.05, 3.63) is 51.5 Å². The van der Waals surface area contributed by atoms with Crippen molar-refractivity contribution in [2.45, 2.75) is 59.4 Å². The van der Waals surface area contributed by atoms with Gasteiger partial charge in [-0.3, -0.25) is 19.0 Å². The van der Waals surface area contributed by atoms with Gasteiger partial charge in [-0.05, 0) is 32.4 Å². The van der Waals surface area contributed by atoms with E-state index < -0.39 is 11.4 Å². The highest BCUT2D eigenvalue weighted by Gasteiger charge is 2.30. The van der Waals surface area contributed by atoms with Crippen LogP contribution in [0.15, 0.2) is 35.1 Å². The Hall–Kier alpha value is -2.47. The van der Waals surface area contributed by atoms with Crippen LogP contribution in [-0.4, -0.2) is 26.4 Å². The fraction of sp³-hybridized carbons (Fsp3) is 0.455. The maximum Gasteiger partial charge on any atom is 0.309 e. The fourth-order valence-corrected chi connectivity index (χ4v) is 3.14. The van der Waals surface area contributed by atoms with Crippen molar-refractivity contribution < 1.29 is 14.7 Å².